The lowest BCUT2D eigenvalue weighted by molar-refractivity contribution is -0.137. The summed E-state index contributed by atoms with van der Waals surface area (Å²) in [6.07, 6.45) is 0.206. The highest BCUT2D eigenvalue weighted by Crippen LogP contribution is 2.19. The normalized spacial score (nSPS) is 11.0. The van der Waals surface area contributed by atoms with Crippen LogP contribution >= 0.6 is 0 Å². The fourth-order valence-electron chi connectivity index (χ4n) is 1.89. The van der Waals surface area contributed by atoms with Gasteiger partial charge in [-0.05, 0) is 20.3 Å². The van der Waals surface area contributed by atoms with E-state index in [0.29, 0.717) is 0 Å². The van der Waals surface area contributed by atoms with E-state index in [4.69, 9.17) is 10.4 Å². The van der Waals surface area contributed by atoms with Crippen LogP contribution in [0.1, 0.15) is 32.3 Å². The molecule has 0 aliphatic rings. The van der Waals surface area contributed by atoms with E-state index in [1.807, 2.05) is 0 Å². The summed E-state index contributed by atoms with van der Waals surface area (Å²) >= 11 is 0. The first-order chi connectivity index (χ1) is 9.60. The lowest BCUT2D eigenvalue weighted by Crippen LogP contribution is -2.43. The van der Waals surface area contributed by atoms with E-state index in [2.05, 4.69) is 5.32 Å². The molecule has 0 radical (unpaired) electrons. The van der Waals surface area contributed by atoms with E-state index >= 15 is 0 Å². The third-order valence-electron chi connectivity index (χ3n) is 3.20. The molecule has 1 rings (SSSR count). The smallest absolute Gasteiger partial charge is 0.332 e. The number of nitrogens with zero attached hydrogens (tertiary/aromatic N) is 3. The molecule has 0 aliphatic heterocycles. The van der Waals surface area contributed by atoms with Crippen LogP contribution in [0.2, 0.25) is 0 Å². The van der Waals surface area contributed by atoms with Crippen molar-refractivity contribution in [3.05, 3.63) is 26.4 Å². The predicted molar refractivity (Wildman–Crippen MR) is 76.2 cm³/mol. The van der Waals surface area contributed by atoms with Gasteiger partial charge >= 0.3 is 11.7 Å². The van der Waals surface area contributed by atoms with Gasteiger partial charge in [-0.2, -0.15) is 5.26 Å². The second-order valence-electron chi connectivity index (χ2n) is 5.44. The van der Waals surface area contributed by atoms with Crippen LogP contribution in [0.15, 0.2) is 9.59 Å². The van der Waals surface area contributed by atoms with Gasteiger partial charge in [-0.1, -0.05) is 0 Å². The van der Waals surface area contributed by atoms with Gasteiger partial charge in [0, 0.05) is 26.1 Å². The van der Waals surface area contributed by atoms with Gasteiger partial charge in [0.05, 0.1) is 0 Å². The van der Waals surface area contributed by atoms with Crippen LogP contribution in [0, 0.1) is 11.3 Å². The van der Waals surface area contributed by atoms with Gasteiger partial charge in [0.25, 0.3) is 5.56 Å². The highest BCUT2D eigenvalue weighted by molar-refractivity contribution is 5.67. The molecule has 0 saturated carbocycles. The number of carboxylic acids is 1. The fourth-order valence-corrected chi connectivity index (χ4v) is 1.89. The Labute approximate surface area is 121 Å². The maximum absolute atomic E-state index is 11.9. The monoisotopic (exact) mass is 294 g/mol. The average Bonchev–Trinajstić information content (AvgIpc) is 2.41. The second kappa shape index (κ2) is 5.83. The zero-order valence-electron chi connectivity index (χ0n) is 12.4. The Kier molecular flexibility index (Phi) is 4.58. The molecule has 0 aliphatic carbocycles. The molecule has 8 nitrogen and oxygen atoms in total. The van der Waals surface area contributed by atoms with Crippen molar-refractivity contribution in [3.63, 3.8) is 0 Å². The summed E-state index contributed by atoms with van der Waals surface area (Å²) in [6.45, 7) is 3.47. The summed E-state index contributed by atoms with van der Waals surface area (Å²) < 4.78 is 2.02. The molecular formula is C13H18N4O4. The average molecular weight is 294 g/mol. The number of hydrogen-bond donors (Lipinski definition) is 2. The summed E-state index contributed by atoms with van der Waals surface area (Å²) in [5, 5.41) is 20.8. The summed E-state index contributed by atoms with van der Waals surface area (Å²) in [6, 6.07) is 1.79. The van der Waals surface area contributed by atoms with Crippen LogP contribution in [0.4, 0.5) is 5.82 Å². The SMILES string of the molecule is Cn1c(NC(C)(C)CCC(=O)O)c(C#N)c(=O)n(C)c1=O. The van der Waals surface area contributed by atoms with Crippen LogP contribution in [-0.4, -0.2) is 25.7 Å². The minimum Gasteiger partial charge on any atom is -0.481 e. The maximum atomic E-state index is 11.9. The third kappa shape index (κ3) is 3.51. The predicted octanol–water partition coefficient (Wildman–Crippen LogP) is 0.0110. The first kappa shape index (κ1) is 16.5. The van der Waals surface area contributed by atoms with E-state index in [0.717, 1.165) is 4.57 Å². The van der Waals surface area contributed by atoms with Gasteiger partial charge < -0.3 is 10.4 Å². The van der Waals surface area contributed by atoms with Crippen molar-refractivity contribution in [2.75, 3.05) is 5.32 Å². The van der Waals surface area contributed by atoms with E-state index in [1.54, 1.807) is 19.9 Å². The van der Waals surface area contributed by atoms with Gasteiger partial charge in [0.1, 0.15) is 11.9 Å². The molecule has 0 aromatic carbocycles. The topological polar surface area (TPSA) is 117 Å². The minimum atomic E-state index is -0.941. The highest BCUT2D eigenvalue weighted by atomic mass is 16.4. The first-order valence-electron chi connectivity index (χ1n) is 6.31. The Bertz CT molecular complexity index is 721. The van der Waals surface area contributed by atoms with Crippen LogP contribution in [0.3, 0.4) is 0 Å². The second-order valence-corrected chi connectivity index (χ2v) is 5.44. The Morgan fingerprint density at radius 2 is 1.90 bits per heavy atom. The number of hydrogen-bond acceptors (Lipinski definition) is 5. The van der Waals surface area contributed by atoms with Crippen molar-refractivity contribution in [1.29, 1.82) is 5.26 Å². The van der Waals surface area contributed by atoms with Crippen molar-refractivity contribution < 1.29 is 9.90 Å². The zero-order chi connectivity index (χ0) is 16.4. The number of carbonyl (C=O) groups is 1. The van der Waals surface area contributed by atoms with E-state index in [1.165, 1.54) is 18.7 Å². The van der Waals surface area contributed by atoms with Gasteiger partial charge in [-0.15, -0.1) is 0 Å². The molecule has 1 aromatic heterocycles. The molecular weight excluding hydrogens is 276 g/mol. The molecule has 21 heavy (non-hydrogen) atoms. The molecule has 0 bridgehead atoms. The maximum Gasteiger partial charge on any atom is 0.332 e. The highest BCUT2D eigenvalue weighted by Gasteiger charge is 2.24. The number of carboxylic acid groups (broad SMARTS) is 1. The van der Waals surface area contributed by atoms with Crippen LogP contribution in [-0.2, 0) is 18.9 Å². The number of nitrogens with one attached hydrogen (secondary N) is 1. The number of nitriles is 1. The number of aromatic nitrogens is 2. The van der Waals surface area contributed by atoms with Gasteiger partial charge in [-0.25, -0.2) is 4.79 Å². The van der Waals surface area contributed by atoms with Gasteiger partial charge in [0.2, 0.25) is 0 Å². The van der Waals surface area contributed by atoms with Crippen molar-refractivity contribution >= 4 is 11.8 Å². The van der Waals surface area contributed by atoms with Crippen molar-refractivity contribution in [2.24, 2.45) is 14.1 Å². The number of rotatable bonds is 5. The Hall–Kier alpha value is -2.56. The molecule has 0 spiro atoms. The number of anilines is 1. The van der Waals surface area contributed by atoms with Crippen molar-refractivity contribution in [3.8, 4) is 6.07 Å². The lowest BCUT2D eigenvalue weighted by atomic mass is 9.98. The van der Waals surface area contributed by atoms with Crippen LogP contribution in [0.5, 0.6) is 0 Å². The van der Waals surface area contributed by atoms with Gasteiger partial charge in [-0.3, -0.25) is 18.7 Å². The molecule has 1 aromatic rings. The van der Waals surface area contributed by atoms with Crippen molar-refractivity contribution in [1.82, 2.24) is 9.13 Å². The van der Waals surface area contributed by atoms with Crippen LogP contribution < -0.4 is 16.6 Å². The Balaban J connectivity index is 3.32. The molecule has 0 amide bonds. The molecule has 0 atom stereocenters. The summed E-state index contributed by atoms with van der Waals surface area (Å²) in [7, 11) is 2.74. The Morgan fingerprint density at radius 1 is 1.33 bits per heavy atom. The summed E-state index contributed by atoms with van der Waals surface area (Å²) in [5.74, 6) is -0.843. The van der Waals surface area contributed by atoms with Crippen LogP contribution in [0.25, 0.3) is 0 Å². The zero-order valence-corrected chi connectivity index (χ0v) is 12.4. The molecule has 1 heterocycles. The standard InChI is InChI=1S/C13H18N4O4/c1-13(2,6-5-9(18)19)15-10-8(7-14)11(20)17(4)12(21)16(10)3/h15H,5-6H2,1-4H3,(H,18,19). The molecule has 0 unspecified atom stereocenters. The summed E-state index contributed by atoms with van der Waals surface area (Å²) in [4.78, 5) is 34.5. The van der Waals surface area contributed by atoms with E-state index in [-0.39, 0.29) is 24.2 Å². The number of aliphatic carboxylic acids is 1. The van der Waals surface area contributed by atoms with E-state index in [9.17, 15) is 14.4 Å². The quantitative estimate of drug-likeness (QED) is 0.790. The van der Waals surface area contributed by atoms with Gasteiger partial charge in [0.15, 0.2) is 5.56 Å². The Morgan fingerprint density at radius 3 is 2.38 bits per heavy atom. The molecule has 0 saturated heterocycles. The fraction of sp³-hybridized carbons (Fsp3) is 0.538. The largest absolute Gasteiger partial charge is 0.481 e. The summed E-state index contributed by atoms with van der Waals surface area (Å²) in [5.41, 5.74) is -2.11. The molecule has 2 N–H and O–H groups in total. The third-order valence-corrected chi connectivity index (χ3v) is 3.20. The molecule has 8 heteroatoms. The van der Waals surface area contributed by atoms with E-state index < -0.39 is 22.8 Å². The molecule has 114 valence electrons. The van der Waals surface area contributed by atoms with Crippen molar-refractivity contribution in [2.45, 2.75) is 32.2 Å². The molecule has 0 fully saturated rings. The minimum absolute atomic E-state index is 0.0688. The lowest BCUT2D eigenvalue weighted by Gasteiger charge is -2.28. The first-order valence-corrected chi connectivity index (χ1v) is 6.31.